The summed E-state index contributed by atoms with van der Waals surface area (Å²) in [4.78, 5) is 46.1. The number of nitrogens with one attached hydrogen (secondary N) is 2. The molecule has 4 aromatic rings. The Hall–Kier alpha value is -5.23. The molecule has 2 aliphatic heterocycles. The summed E-state index contributed by atoms with van der Waals surface area (Å²) >= 11 is 0.546. The van der Waals surface area contributed by atoms with E-state index in [-0.39, 0.29) is 44.9 Å². The lowest BCUT2D eigenvalue weighted by molar-refractivity contribution is -0.140. The van der Waals surface area contributed by atoms with Crippen molar-refractivity contribution in [2.45, 2.75) is 30.8 Å². The molecule has 1 atom stereocenters. The number of hydrogen-bond acceptors (Lipinski definition) is 8. The second-order valence-electron chi connectivity index (χ2n) is 11.7. The number of hydrogen-bond donors (Lipinski definition) is 3. The number of alkyl halides is 6. The van der Waals surface area contributed by atoms with Crippen LogP contribution in [0.15, 0.2) is 59.8 Å². The van der Waals surface area contributed by atoms with Crippen LogP contribution in [0.25, 0.3) is 10.1 Å². The van der Waals surface area contributed by atoms with Crippen LogP contribution in [0.2, 0.25) is 0 Å². The first-order valence-electron chi connectivity index (χ1n) is 15.0. The molecule has 268 valence electrons. The van der Waals surface area contributed by atoms with Crippen molar-refractivity contribution >= 4 is 56.2 Å². The van der Waals surface area contributed by atoms with E-state index in [0.29, 0.717) is 47.7 Å². The van der Waals surface area contributed by atoms with Gasteiger partial charge in [0.1, 0.15) is 23.1 Å². The minimum Gasteiger partial charge on any atom is -0.496 e. The summed E-state index contributed by atoms with van der Waals surface area (Å²) in [5.41, 5.74) is -3.44. The average molecular weight is 739 g/mol. The summed E-state index contributed by atoms with van der Waals surface area (Å²) in [6.07, 6.45) is -9.14. The van der Waals surface area contributed by atoms with Crippen LogP contribution in [-0.2, 0) is 22.0 Å². The molecule has 1 saturated heterocycles. The molecule has 3 aromatic carbocycles. The standard InChI is InChI=1S/C33H25F7N4O6S/c1-49-24-7-2-16(23-13-31(50-43-23)8-9-44(15-31)26(46)14-45)10-20(24)29(47)42-27-19-5-3-17(32(35,36)37)11-25(19)51-28(27)30(48)41-18-4-6-22(34)21(12-18)33(38,39)40/h2-7,10-12,45H,8-9,13-15H2,1H3,(H,41,48)(H,42,47). The largest absolute Gasteiger partial charge is 0.496 e. The number of thiophene rings is 1. The van der Waals surface area contributed by atoms with Crippen molar-refractivity contribution in [3.8, 4) is 5.75 Å². The summed E-state index contributed by atoms with van der Waals surface area (Å²) < 4.78 is 99.8. The van der Waals surface area contributed by atoms with Gasteiger partial charge in [-0.1, -0.05) is 11.2 Å². The fourth-order valence-corrected chi connectivity index (χ4v) is 6.96. The van der Waals surface area contributed by atoms with Crippen molar-refractivity contribution in [3.63, 3.8) is 0 Å². The Balaban J connectivity index is 1.33. The lowest BCUT2D eigenvalue weighted by Gasteiger charge is -2.21. The molecule has 6 rings (SSSR count). The Morgan fingerprint density at radius 1 is 1.00 bits per heavy atom. The number of aliphatic hydroxyl groups excluding tert-OH is 1. The van der Waals surface area contributed by atoms with Crippen molar-refractivity contribution in [2.24, 2.45) is 5.16 Å². The van der Waals surface area contributed by atoms with Gasteiger partial charge in [-0.2, -0.15) is 26.3 Å². The molecule has 1 fully saturated rings. The van der Waals surface area contributed by atoms with Crippen molar-refractivity contribution < 1.29 is 59.8 Å². The van der Waals surface area contributed by atoms with E-state index in [0.717, 1.165) is 24.3 Å². The van der Waals surface area contributed by atoms with Gasteiger partial charge in [-0.3, -0.25) is 14.4 Å². The number of rotatable bonds is 7. The average Bonchev–Trinajstić information content (AvgIpc) is 3.81. The predicted molar refractivity (Wildman–Crippen MR) is 170 cm³/mol. The first-order chi connectivity index (χ1) is 24.0. The van der Waals surface area contributed by atoms with Crippen LogP contribution in [0.1, 0.15) is 49.6 Å². The number of halogens is 7. The van der Waals surface area contributed by atoms with E-state index >= 15 is 0 Å². The normalized spacial score (nSPS) is 17.4. The minimum atomic E-state index is -5.09. The number of anilines is 2. The highest BCUT2D eigenvalue weighted by Gasteiger charge is 2.47. The maximum atomic E-state index is 13.9. The fraction of sp³-hybridized carbons (Fsp3) is 0.273. The Morgan fingerprint density at radius 3 is 2.45 bits per heavy atom. The zero-order valence-corrected chi connectivity index (χ0v) is 27.0. The van der Waals surface area contributed by atoms with Gasteiger partial charge in [-0.05, 0) is 48.5 Å². The molecule has 3 amide bonds. The molecule has 2 aliphatic rings. The number of carbonyl (C=O) groups is 3. The molecular formula is C33H25F7N4O6S. The van der Waals surface area contributed by atoms with Crippen LogP contribution < -0.4 is 15.4 Å². The highest BCUT2D eigenvalue weighted by Crippen LogP contribution is 2.42. The van der Waals surface area contributed by atoms with Gasteiger partial charge >= 0.3 is 12.4 Å². The molecule has 1 spiro atoms. The zero-order valence-electron chi connectivity index (χ0n) is 26.2. The highest BCUT2D eigenvalue weighted by atomic mass is 32.1. The van der Waals surface area contributed by atoms with Gasteiger partial charge < -0.3 is 30.2 Å². The van der Waals surface area contributed by atoms with Crippen LogP contribution in [0.5, 0.6) is 5.75 Å². The molecule has 1 aromatic heterocycles. The van der Waals surface area contributed by atoms with Crippen LogP contribution in [0.4, 0.5) is 42.1 Å². The van der Waals surface area contributed by atoms with Gasteiger partial charge in [-0.25, -0.2) is 4.39 Å². The van der Waals surface area contributed by atoms with E-state index in [4.69, 9.17) is 9.57 Å². The lowest BCUT2D eigenvalue weighted by atomic mass is 9.92. The molecule has 0 radical (unpaired) electrons. The molecule has 51 heavy (non-hydrogen) atoms. The fourth-order valence-electron chi connectivity index (χ4n) is 5.86. The molecule has 0 saturated carbocycles. The monoisotopic (exact) mass is 738 g/mol. The topological polar surface area (TPSA) is 130 Å². The maximum absolute atomic E-state index is 13.9. The summed E-state index contributed by atoms with van der Waals surface area (Å²) in [6, 6.07) is 8.80. The summed E-state index contributed by atoms with van der Waals surface area (Å²) in [5.74, 6) is -3.92. The molecule has 18 heteroatoms. The number of fused-ring (bicyclic) bond motifs is 1. The number of oxime groups is 1. The lowest BCUT2D eigenvalue weighted by Crippen LogP contribution is -2.37. The molecule has 0 aliphatic carbocycles. The number of benzene rings is 3. The minimum absolute atomic E-state index is 0.0235. The van der Waals surface area contributed by atoms with E-state index in [2.05, 4.69) is 15.8 Å². The first-order valence-corrected chi connectivity index (χ1v) is 15.8. The van der Waals surface area contributed by atoms with E-state index in [1.165, 1.54) is 24.1 Å². The predicted octanol–water partition coefficient (Wildman–Crippen LogP) is 6.68. The smallest absolute Gasteiger partial charge is 0.419 e. The van der Waals surface area contributed by atoms with Gasteiger partial charge in [0.25, 0.3) is 11.8 Å². The summed E-state index contributed by atoms with van der Waals surface area (Å²) in [6.45, 7) is -0.124. The number of amides is 3. The Bertz CT molecular complexity index is 2100. The van der Waals surface area contributed by atoms with Crippen LogP contribution >= 0.6 is 11.3 Å². The van der Waals surface area contributed by atoms with E-state index < -0.39 is 64.9 Å². The van der Waals surface area contributed by atoms with Gasteiger partial charge in [0, 0.05) is 40.7 Å². The van der Waals surface area contributed by atoms with Gasteiger partial charge in [-0.15, -0.1) is 11.3 Å². The number of methoxy groups -OCH3 is 1. The van der Waals surface area contributed by atoms with Crippen molar-refractivity contribution in [1.29, 1.82) is 0 Å². The summed E-state index contributed by atoms with van der Waals surface area (Å²) in [5, 5.41) is 18.2. The Labute approximate surface area is 287 Å². The van der Waals surface area contributed by atoms with E-state index in [1.54, 1.807) is 6.07 Å². The SMILES string of the molecule is COc1ccc(C2=NOC3(CCN(C(=O)CO)C3)C2)cc1C(=O)Nc1c(C(=O)Nc2ccc(F)c(C(F)(F)F)c2)sc2cc(C(F)(F)F)ccc12. The number of nitrogens with zero attached hydrogens (tertiary/aromatic N) is 2. The quantitative estimate of drug-likeness (QED) is 0.182. The molecule has 1 unspecified atom stereocenters. The van der Waals surface area contributed by atoms with Gasteiger partial charge in [0.2, 0.25) is 5.91 Å². The zero-order chi connectivity index (χ0) is 36.9. The van der Waals surface area contributed by atoms with Crippen LogP contribution in [-0.4, -0.2) is 65.8 Å². The number of likely N-dealkylation sites (tertiary alicyclic amines) is 1. The van der Waals surface area contributed by atoms with Crippen LogP contribution in [0.3, 0.4) is 0 Å². The third kappa shape index (κ3) is 7.05. The van der Waals surface area contributed by atoms with Crippen LogP contribution in [0, 0.1) is 5.82 Å². The molecule has 0 bridgehead atoms. The number of aliphatic hydroxyl groups is 1. The molecule has 10 nitrogen and oxygen atoms in total. The highest BCUT2D eigenvalue weighted by molar-refractivity contribution is 7.21. The molecule has 3 N–H and O–H groups in total. The van der Waals surface area contributed by atoms with Gasteiger partial charge in [0.05, 0.1) is 41.7 Å². The number of carbonyl (C=O) groups excluding carboxylic acids is 3. The summed E-state index contributed by atoms with van der Waals surface area (Å²) in [7, 11) is 1.29. The van der Waals surface area contributed by atoms with Crippen molar-refractivity contribution in [1.82, 2.24) is 4.90 Å². The number of ether oxygens (including phenoxy) is 1. The molecular weight excluding hydrogens is 713 g/mol. The third-order valence-corrected chi connectivity index (χ3v) is 9.56. The molecule has 3 heterocycles. The van der Waals surface area contributed by atoms with Gasteiger partial charge in [0.15, 0.2) is 5.60 Å². The van der Waals surface area contributed by atoms with Crippen molar-refractivity contribution in [2.75, 3.05) is 37.4 Å². The Morgan fingerprint density at radius 2 is 1.76 bits per heavy atom. The van der Waals surface area contributed by atoms with E-state index in [1.807, 2.05) is 0 Å². The first kappa shape index (κ1) is 35.6. The third-order valence-electron chi connectivity index (χ3n) is 8.41. The second-order valence-corrected chi connectivity index (χ2v) is 12.8. The second kappa shape index (κ2) is 13.1. The maximum Gasteiger partial charge on any atom is 0.419 e. The van der Waals surface area contributed by atoms with Crippen molar-refractivity contribution in [3.05, 3.63) is 87.5 Å². The van der Waals surface area contributed by atoms with E-state index in [9.17, 15) is 50.2 Å². The Kier molecular flexibility index (Phi) is 9.18.